The van der Waals surface area contributed by atoms with Gasteiger partial charge in [-0.2, -0.15) is 0 Å². The maximum Gasteiger partial charge on any atom is 0.254 e. The van der Waals surface area contributed by atoms with Crippen LogP contribution < -0.4 is 5.56 Å². The normalized spacial score (nSPS) is 12.8. The molecule has 17 heavy (non-hydrogen) atoms. The molecule has 0 fully saturated rings. The van der Waals surface area contributed by atoms with Crippen molar-refractivity contribution >= 4 is 6.08 Å². The molecule has 1 aromatic carbocycles. The summed E-state index contributed by atoms with van der Waals surface area (Å²) in [4.78, 5) is 12.0. The first kappa shape index (κ1) is 10.1. The van der Waals surface area contributed by atoms with Crippen molar-refractivity contribution in [1.29, 1.82) is 0 Å². The minimum atomic E-state index is 0.115. The molecule has 1 aromatic heterocycles. The lowest BCUT2D eigenvalue weighted by molar-refractivity contribution is 0.845. The molecule has 0 amide bonds. The molecule has 1 aliphatic rings. The summed E-state index contributed by atoms with van der Waals surface area (Å²) in [5, 5.41) is 0. The molecular formula is C15H13NO. The van der Waals surface area contributed by atoms with E-state index in [1.54, 1.807) is 4.57 Å². The molecule has 1 aliphatic carbocycles. The third-order valence-corrected chi connectivity index (χ3v) is 3.21. The van der Waals surface area contributed by atoms with E-state index in [1.165, 1.54) is 0 Å². The van der Waals surface area contributed by atoms with Crippen LogP contribution in [0.5, 0.6) is 0 Å². The van der Waals surface area contributed by atoms with Gasteiger partial charge in [-0.1, -0.05) is 42.5 Å². The van der Waals surface area contributed by atoms with Gasteiger partial charge in [-0.25, -0.2) is 0 Å². The third-order valence-electron chi connectivity index (χ3n) is 3.21. The van der Waals surface area contributed by atoms with Crippen LogP contribution in [-0.4, -0.2) is 4.57 Å². The van der Waals surface area contributed by atoms with Crippen molar-refractivity contribution in [2.45, 2.75) is 6.42 Å². The molecule has 0 atom stereocenters. The summed E-state index contributed by atoms with van der Waals surface area (Å²) in [5.41, 5.74) is 4.40. The number of hydrogen-bond acceptors (Lipinski definition) is 1. The Morgan fingerprint density at radius 1 is 1.18 bits per heavy atom. The van der Waals surface area contributed by atoms with Gasteiger partial charge in [-0.15, -0.1) is 0 Å². The number of fused-ring (bicyclic) bond motifs is 1. The Morgan fingerprint density at radius 3 is 2.71 bits per heavy atom. The molecule has 2 heteroatoms. The number of benzene rings is 1. The van der Waals surface area contributed by atoms with Crippen molar-refractivity contribution < 1.29 is 0 Å². The quantitative estimate of drug-likeness (QED) is 0.728. The highest BCUT2D eigenvalue weighted by molar-refractivity contribution is 5.78. The van der Waals surface area contributed by atoms with Crippen molar-refractivity contribution in [3.8, 4) is 11.1 Å². The summed E-state index contributed by atoms with van der Waals surface area (Å²) in [7, 11) is 1.81. The summed E-state index contributed by atoms with van der Waals surface area (Å²) in [6.07, 6.45) is 6.78. The number of nitrogens with zero attached hydrogens (tertiary/aromatic N) is 1. The van der Waals surface area contributed by atoms with E-state index in [0.717, 1.165) is 28.7 Å². The standard InChI is InChI=1S/C15H13NO/c1-16-10-14(11-6-3-2-4-7-11)12-8-5-9-13(12)15(16)17/h2-8,10H,9H2,1H3. The molecule has 0 N–H and O–H groups in total. The largest absolute Gasteiger partial charge is 0.318 e. The topological polar surface area (TPSA) is 22.0 Å². The van der Waals surface area contributed by atoms with E-state index in [4.69, 9.17) is 0 Å². The molecule has 2 nitrogen and oxygen atoms in total. The van der Waals surface area contributed by atoms with Crippen LogP contribution in [0.1, 0.15) is 11.1 Å². The zero-order valence-corrected chi connectivity index (χ0v) is 9.68. The average molecular weight is 223 g/mol. The molecule has 0 unspecified atom stereocenters. The maximum absolute atomic E-state index is 12.0. The molecule has 2 aromatic rings. The predicted octanol–water partition coefficient (Wildman–Crippen LogP) is 2.62. The fraction of sp³-hybridized carbons (Fsp3) is 0.133. The Hall–Kier alpha value is -2.09. The highest BCUT2D eigenvalue weighted by Crippen LogP contribution is 2.28. The Morgan fingerprint density at radius 2 is 1.94 bits per heavy atom. The number of hydrogen-bond donors (Lipinski definition) is 0. The van der Waals surface area contributed by atoms with Crippen molar-refractivity contribution in [1.82, 2.24) is 4.57 Å². The van der Waals surface area contributed by atoms with Crippen LogP contribution in [0.25, 0.3) is 17.2 Å². The van der Waals surface area contributed by atoms with E-state index in [-0.39, 0.29) is 5.56 Å². The van der Waals surface area contributed by atoms with Gasteiger partial charge in [0.15, 0.2) is 0 Å². The van der Waals surface area contributed by atoms with Crippen LogP contribution in [0.4, 0.5) is 0 Å². The minimum Gasteiger partial charge on any atom is -0.318 e. The SMILES string of the molecule is Cn1cc(-c2ccccc2)c2c(c1=O)CC=C2. The summed E-state index contributed by atoms with van der Waals surface area (Å²) in [6.45, 7) is 0. The lowest BCUT2D eigenvalue weighted by atomic mass is 10.00. The van der Waals surface area contributed by atoms with Crippen molar-refractivity contribution in [3.63, 3.8) is 0 Å². The molecular weight excluding hydrogens is 210 g/mol. The van der Waals surface area contributed by atoms with Crippen molar-refractivity contribution in [3.05, 3.63) is 64.1 Å². The van der Waals surface area contributed by atoms with E-state index < -0.39 is 0 Å². The fourth-order valence-electron chi connectivity index (χ4n) is 2.34. The Bertz CT molecular complexity index is 651. The van der Waals surface area contributed by atoms with Gasteiger partial charge >= 0.3 is 0 Å². The van der Waals surface area contributed by atoms with E-state index >= 15 is 0 Å². The smallest absolute Gasteiger partial charge is 0.254 e. The first-order valence-electron chi connectivity index (χ1n) is 5.72. The van der Waals surface area contributed by atoms with Gasteiger partial charge in [-0.05, 0) is 17.5 Å². The van der Waals surface area contributed by atoms with Crippen LogP contribution in [0.15, 0.2) is 47.4 Å². The molecule has 0 aliphatic heterocycles. The lowest BCUT2D eigenvalue weighted by Crippen LogP contribution is -2.21. The van der Waals surface area contributed by atoms with Gasteiger partial charge in [0.1, 0.15) is 0 Å². The number of pyridine rings is 1. The second-order valence-electron chi connectivity index (χ2n) is 4.32. The van der Waals surface area contributed by atoms with Gasteiger partial charge in [0.25, 0.3) is 5.56 Å². The zero-order chi connectivity index (χ0) is 11.8. The van der Waals surface area contributed by atoms with Crippen LogP contribution >= 0.6 is 0 Å². The maximum atomic E-state index is 12.0. The van der Waals surface area contributed by atoms with Crippen LogP contribution in [0.3, 0.4) is 0 Å². The molecule has 0 radical (unpaired) electrons. The highest BCUT2D eigenvalue weighted by atomic mass is 16.1. The van der Waals surface area contributed by atoms with E-state index in [9.17, 15) is 4.79 Å². The molecule has 0 saturated heterocycles. The summed E-state index contributed by atoms with van der Waals surface area (Å²) < 4.78 is 1.67. The first-order chi connectivity index (χ1) is 8.27. The number of aromatic nitrogens is 1. The number of aryl methyl sites for hydroxylation is 1. The second-order valence-corrected chi connectivity index (χ2v) is 4.32. The second kappa shape index (κ2) is 3.74. The highest BCUT2D eigenvalue weighted by Gasteiger charge is 2.16. The van der Waals surface area contributed by atoms with E-state index in [0.29, 0.717) is 0 Å². The zero-order valence-electron chi connectivity index (χ0n) is 9.68. The lowest BCUT2D eigenvalue weighted by Gasteiger charge is -2.10. The summed E-state index contributed by atoms with van der Waals surface area (Å²) in [5.74, 6) is 0. The summed E-state index contributed by atoms with van der Waals surface area (Å²) in [6, 6.07) is 10.2. The van der Waals surface area contributed by atoms with Gasteiger partial charge in [0, 0.05) is 24.4 Å². The number of rotatable bonds is 1. The Labute approximate surface area is 99.8 Å². The van der Waals surface area contributed by atoms with Crippen molar-refractivity contribution in [2.75, 3.05) is 0 Å². The fourth-order valence-corrected chi connectivity index (χ4v) is 2.34. The molecule has 0 spiro atoms. The summed E-state index contributed by atoms with van der Waals surface area (Å²) >= 11 is 0. The Kier molecular flexibility index (Phi) is 2.22. The first-order valence-corrected chi connectivity index (χ1v) is 5.72. The van der Waals surface area contributed by atoms with E-state index in [2.05, 4.69) is 24.3 Å². The van der Waals surface area contributed by atoms with Crippen LogP contribution in [-0.2, 0) is 13.5 Å². The van der Waals surface area contributed by atoms with Crippen LogP contribution in [0.2, 0.25) is 0 Å². The third kappa shape index (κ3) is 1.53. The van der Waals surface area contributed by atoms with Gasteiger partial charge in [-0.3, -0.25) is 4.79 Å². The molecule has 0 bridgehead atoms. The van der Waals surface area contributed by atoms with Gasteiger partial charge in [0.05, 0.1) is 0 Å². The van der Waals surface area contributed by atoms with Crippen LogP contribution in [0, 0.1) is 0 Å². The number of allylic oxidation sites excluding steroid dienone is 1. The molecule has 84 valence electrons. The monoisotopic (exact) mass is 223 g/mol. The molecule has 1 heterocycles. The Balaban J connectivity index is 2.32. The molecule has 3 rings (SSSR count). The van der Waals surface area contributed by atoms with Gasteiger partial charge in [0.2, 0.25) is 0 Å². The molecule has 0 saturated carbocycles. The predicted molar refractivity (Wildman–Crippen MR) is 69.9 cm³/mol. The van der Waals surface area contributed by atoms with Crippen molar-refractivity contribution in [2.24, 2.45) is 7.05 Å². The van der Waals surface area contributed by atoms with Gasteiger partial charge < -0.3 is 4.57 Å². The minimum absolute atomic E-state index is 0.115. The van der Waals surface area contributed by atoms with E-state index in [1.807, 2.05) is 31.4 Å². The average Bonchev–Trinajstić information content (AvgIpc) is 2.84.